The molecule has 1 aromatic rings. The van der Waals surface area contributed by atoms with Crippen LogP contribution in [0, 0.1) is 11.3 Å². The van der Waals surface area contributed by atoms with Crippen LogP contribution in [-0.2, 0) is 4.74 Å². The van der Waals surface area contributed by atoms with E-state index < -0.39 is 29.5 Å². The van der Waals surface area contributed by atoms with Crippen molar-refractivity contribution in [2.75, 3.05) is 12.3 Å². The average Bonchev–Trinajstić information content (AvgIpc) is 2.30. The van der Waals surface area contributed by atoms with Crippen LogP contribution in [0.15, 0.2) is 6.20 Å². The van der Waals surface area contributed by atoms with E-state index in [1.54, 1.807) is 6.07 Å². The number of pyridine rings is 1. The van der Waals surface area contributed by atoms with Crippen LogP contribution in [0.25, 0.3) is 0 Å². The van der Waals surface area contributed by atoms with Gasteiger partial charge in [0.15, 0.2) is 0 Å². The van der Waals surface area contributed by atoms with Crippen molar-refractivity contribution in [1.29, 1.82) is 5.26 Å². The maximum Gasteiger partial charge on any atom is 0.574 e. The summed E-state index contributed by atoms with van der Waals surface area (Å²) < 4.78 is 44.4. The zero-order valence-electron chi connectivity index (χ0n) is 9.61. The van der Waals surface area contributed by atoms with Crippen LogP contribution in [0.1, 0.15) is 22.8 Å². The van der Waals surface area contributed by atoms with Crippen molar-refractivity contribution < 1.29 is 27.4 Å². The highest BCUT2D eigenvalue weighted by molar-refractivity contribution is 5.98. The van der Waals surface area contributed by atoms with Crippen molar-refractivity contribution in [3.05, 3.63) is 17.3 Å². The molecule has 0 spiro atoms. The minimum absolute atomic E-state index is 0.0269. The summed E-state index contributed by atoms with van der Waals surface area (Å²) in [7, 11) is 0. The summed E-state index contributed by atoms with van der Waals surface area (Å²) in [5.41, 5.74) is 3.86. The summed E-state index contributed by atoms with van der Waals surface area (Å²) in [5, 5.41) is 8.77. The Balaban J connectivity index is 3.31. The van der Waals surface area contributed by atoms with Gasteiger partial charge >= 0.3 is 12.3 Å². The van der Waals surface area contributed by atoms with Gasteiger partial charge in [-0.3, -0.25) is 0 Å². The number of halogens is 3. The summed E-state index contributed by atoms with van der Waals surface area (Å²) in [6.45, 7) is 1.47. The van der Waals surface area contributed by atoms with Gasteiger partial charge in [-0.2, -0.15) is 5.26 Å². The number of carbonyl (C=O) groups is 1. The highest BCUT2D eigenvalue weighted by Crippen LogP contribution is 2.30. The molecule has 0 aromatic carbocycles. The summed E-state index contributed by atoms with van der Waals surface area (Å²) in [4.78, 5) is 14.8. The van der Waals surface area contributed by atoms with Crippen LogP contribution in [0.5, 0.6) is 5.88 Å². The van der Waals surface area contributed by atoms with Gasteiger partial charge in [0.05, 0.1) is 12.2 Å². The number of nitrogen functional groups attached to an aromatic ring is 1. The Morgan fingerprint density at radius 3 is 2.68 bits per heavy atom. The number of anilines is 1. The number of ether oxygens (including phenoxy) is 2. The first kappa shape index (κ1) is 14.6. The number of carbonyl (C=O) groups excluding carboxylic acids is 1. The van der Waals surface area contributed by atoms with E-state index in [1.807, 2.05) is 0 Å². The van der Waals surface area contributed by atoms with Gasteiger partial charge in [0, 0.05) is 6.20 Å². The minimum Gasteiger partial charge on any atom is -0.462 e. The maximum absolute atomic E-state index is 12.1. The monoisotopic (exact) mass is 275 g/mol. The lowest BCUT2D eigenvalue weighted by Crippen LogP contribution is -2.20. The molecule has 0 saturated carbocycles. The molecule has 0 atom stereocenters. The molecule has 0 amide bonds. The molecule has 1 aromatic heterocycles. The Hall–Kier alpha value is -2.50. The Morgan fingerprint density at radius 1 is 1.58 bits per heavy atom. The summed E-state index contributed by atoms with van der Waals surface area (Å²) in [6, 6.07) is 1.59. The number of rotatable bonds is 3. The first-order valence-corrected chi connectivity index (χ1v) is 4.91. The van der Waals surface area contributed by atoms with Crippen LogP contribution in [0.3, 0.4) is 0 Å². The predicted molar refractivity (Wildman–Crippen MR) is 56.0 cm³/mol. The molecule has 9 heteroatoms. The van der Waals surface area contributed by atoms with Gasteiger partial charge in [-0.1, -0.05) is 0 Å². The van der Waals surface area contributed by atoms with Crippen molar-refractivity contribution in [2.45, 2.75) is 13.3 Å². The number of aromatic nitrogens is 1. The van der Waals surface area contributed by atoms with E-state index in [9.17, 15) is 18.0 Å². The van der Waals surface area contributed by atoms with E-state index in [1.165, 1.54) is 6.92 Å². The Bertz CT molecular complexity index is 537. The lowest BCUT2D eigenvalue weighted by Gasteiger charge is -2.13. The fraction of sp³-hybridized carbons (Fsp3) is 0.300. The molecule has 1 heterocycles. The molecular weight excluding hydrogens is 267 g/mol. The third-order valence-electron chi connectivity index (χ3n) is 1.89. The molecule has 1 rings (SSSR count). The largest absolute Gasteiger partial charge is 0.574 e. The third kappa shape index (κ3) is 3.48. The van der Waals surface area contributed by atoms with Gasteiger partial charge in [-0.15, -0.1) is 13.2 Å². The Kier molecular flexibility index (Phi) is 4.16. The van der Waals surface area contributed by atoms with Crippen molar-refractivity contribution in [1.82, 2.24) is 4.98 Å². The number of nitriles is 1. The number of esters is 1. The number of nitrogens with two attached hydrogens (primary N) is 1. The van der Waals surface area contributed by atoms with Crippen molar-refractivity contribution in [2.24, 2.45) is 0 Å². The predicted octanol–water partition coefficient (Wildman–Crippen LogP) is 1.61. The van der Waals surface area contributed by atoms with Gasteiger partial charge < -0.3 is 15.2 Å². The third-order valence-corrected chi connectivity index (χ3v) is 1.89. The normalized spacial score (nSPS) is 10.7. The lowest BCUT2D eigenvalue weighted by atomic mass is 10.1. The van der Waals surface area contributed by atoms with Gasteiger partial charge in [-0.05, 0) is 6.92 Å². The van der Waals surface area contributed by atoms with E-state index in [4.69, 9.17) is 11.0 Å². The molecule has 0 aliphatic heterocycles. The smallest absolute Gasteiger partial charge is 0.462 e. The lowest BCUT2D eigenvalue weighted by molar-refractivity contribution is -0.275. The van der Waals surface area contributed by atoms with Crippen molar-refractivity contribution in [3.63, 3.8) is 0 Å². The van der Waals surface area contributed by atoms with Crippen LogP contribution in [0.4, 0.5) is 18.9 Å². The SMILES string of the molecule is CCOC(=O)c1c(C#N)cnc(OC(F)(F)F)c1N. The molecule has 0 saturated heterocycles. The minimum atomic E-state index is -5.01. The highest BCUT2D eigenvalue weighted by atomic mass is 19.4. The Morgan fingerprint density at radius 2 is 2.21 bits per heavy atom. The second-order valence-corrected chi connectivity index (χ2v) is 3.15. The molecule has 102 valence electrons. The number of hydrogen-bond donors (Lipinski definition) is 1. The molecule has 6 nitrogen and oxygen atoms in total. The maximum atomic E-state index is 12.1. The van der Waals surface area contributed by atoms with Gasteiger partial charge in [0.1, 0.15) is 17.3 Å². The van der Waals surface area contributed by atoms with Crippen LogP contribution < -0.4 is 10.5 Å². The van der Waals surface area contributed by atoms with Crippen LogP contribution >= 0.6 is 0 Å². The van der Waals surface area contributed by atoms with Gasteiger partial charge in [0.2, 0.25) is 5.88 Å². The molecule has 0 fully saturated rings. The summed E-state index contributed by atoms with van der Waals surface area (Å²) in [6.07, 6.45) is -4.26. The average molecular weight is 275 g/mol. The first-order valence-electron chi connectivity index (χ1n) is 4.91. The molecule has 0 aliphatic rings. The molecule has 0 unspecified atom stereocenters. The standard InChI is InChI=1S/C10H8F3N3O3/c1-2-18-9(17)6-5(3-14)4-16-8(7(6)15)19-10(11,12)13/h4H,2,15H2,1H3. The van der Waals surface area contributed by atoms with Crippen molar-refractivity contribution in [3.8, 4) is 11.9 Å². The fourth-order valence-electron chi connectivity index (χ4n) is 1.21. The number of alkyl halides is 3. The topological polar surface area (TPSA) is 98.2 Å². The van der Waals surface area contributed by atoms with Gasteiger partial charge in [0.25, 0.3) is 0 Å². The Labute approximate surface area is 105 Å². The molecule has 0 radical (unpaired) electrons. The van der Waals surface area contributed by atoms with E-state index in [0.29, 0.717) is 0 Å². The first-order chi connectivity index (χ1) is 8.80. The van der Waals surface area contributed by atoms with E-state index >= 15 is 0 Å². The quantitative estimate of drug-likeness (QED) is 0.841. The van der Waals surface area contributed by atoms with Crippen molar-refractivity contribution >= 4 is 11.7 Å². The molecule has 2 N–H and O–H groups in total. The van der Waals surface area contributed by atoms with Crippen LogP contribution in [0.2, 0.25) is 0 Å². The van der Waals surface area contributed by atoms with Crippen LogP contribution in [-0.4, -0.2) is 23.9 Å². The number of nitrogens with zero attached hydrogens (tertiary/aromatic N) is 2. The molecule has 19 heavy (non-hydrogen) atoms. The summed E-state index contributed by atoms with van der Waals surface area (Å²) >= 11 is 0. The number of hydrogen-bond acceptors (Lipinski definition) is 6. The van der Waals surface area contributed by atoms with E-state index in [0.717, 1.165) is 6.20 Å². The zero-order chi connectivity index (χ0) is 14.6. The molecule has 0 aliphatic carbocycles. The molecule has 0 bridgehead atoms. The molecular formula is C10H8F3N3O3. The summed E-state index contributed by atoms with van der Waals surface area (Å²) in [5.74, 6) is -2.03. The zero-order valence-corrected chi connectivity index (χ0v) is 9.61. The van der Waals surface area contributed by atoms with Gasteiger partial charge in [-0.25, -0.2) is 9.78 Å². The second-order valence-electron chi connectivity index (χ2n) is 3.15. The second kappa shape index (κ2) is 5.43. The van der Waals surface area contributed by atoms with E-state index in [2.05, 4.69) is 14.5 Å². The fourth-order valence-corrected chi connectivity index (χ4v) is 1.21. The highest BCUT2D eigenvalue weighted by Gasteiger charge is 2.34. The van der Waals surface area contributed by atoms with E-state index in [-0.39, 0.29) is 12.2 Å².